The van der Waals surface area contributed by atoms with E-state index in [1.165, 1.54) is 34.7 Å². The minimum Gasteiger partial charge on any atom is -0.315 e. The van der Waals surface area contributed by atoms with Gasteiger partial charge in [-0.3, -0.25) is 4.90 Å². The molecule has 0 saturated carbocycles. The zero-order chi connectivity index (χ0) is 13.1. The number of likely N-dealkylation sites (tertiary alicyclic amines) is 1. The average molecular weight is 266 g/mol. The van der Waals surface area contributed by atoms with Crippen molar-refractivity contribution in [3.05, 3.63) is 21.4 Å². The van der Waals surface area contributed by atoms with Crippen molar-refractivity contribution in [3.8, 4) is 0 Å². The quantitative estimate of drug-likeness (QED) is 0.898. The van der Waals surface area contributed by atoms with E-state index >= 15 is 0 Å². The molecular formula is C15H26N2S. The van der Waals surface area contributed by atoms with Gasteiger partial charge in [0.25, 0.3) is 0 Å². The minimum atomic E-state index is 0.744. The summed E-state index contributed by atoms with van der Waals surface area (Å²) in [7, 11) is 2.02. The number of piperidine rings is 1. The van der Waals surface area contributed by atoms with E-state index in [0.717, 1.165) is 25.0 Å². The van der Waals surface area contributed by atoms with Gasteiger partial charge in [-0.05, 0) is 51.3 Å². The third-order valence-electron chi connectivity index (χ3n) is 4.04. The van der Waals surface area contributed by atoms with Crippen molar-refractivity contribution in [2.75, 3.05) is 13.6 Å². The van der Waals surface area contributed by atoms with Crippen LogP contribution in [0.4, 0.5) is 0 Å². The van der Waals surface area contributed by atoms with Gasteiger partial charge in [-0.2, -0.15) is 0 Å². The highest BCUT2D eigenvalue weighted by molar-refractivity contribution is 7.12. The second-order valence-electron chi connectivity index (χ2n) is 5.79. The molecule has 1 aromatic rings. The second-order valence-corrected chi connectivity index (χ2v) is 7.13. The molecule has 0 aromatic carbocycles. The van der Waals surface area contributed by atoms with Gasteiger partial charge in [0.1, 0.15) is 0 Å². The van der Waals surface area contributed by atoms with Crippen molar-refractivity contribution >= 4 is 11.3 Å². The maximum atomic E-state index is 3.24. The molecule has 1 N–H and O–H groups in total. The van der Waals surface area contributed by atoms with Crippen LogP contribution < -0.4 is 5.32 Å². The van der Waals surface area contributed by atoms with Crippen LogP contribution in [-0.4, -0.2) is 24.5 Å². The molecule has 0 bridgehead atoms. The van der Waals surface area contributed by atoms with Gasteiger partial charge in [-0.25, -0.2) is 0 Å². The fourth-order valence-corrected chi connectivity index (χ4v) is 3.89. The maximum absolute atomic E-state index is 3.24. The molecule has 1 aliphatic heterocycles. The van der Waals surface area contributed by atoms with E-state index in [-0.39, 0.29) is 0 Å². The van der Waals surface area contributed by atoms with E-state index in [9.17, 15) is 0 Å². The fraction of sp³-hybridized carbons (Fsp3) is 0.733. The molecule has 18 heavy (non-hydrogen) atoms. The van der Waals surface area contributed by atoms with Crippen molar-refractivity contribution in [2.45, 2.75) is 52.7 Å². The molecule has 1 aromatic heterocycles. The Balaban J connectivity index is 2.03. The lowest BCUT2D eigenvalue weighted by molar-refractivity contribution is 0.117. The Kier molecular flexibility index (Phi) is 4.82. The molecular weight excluding hydrogens is 240 g/mol. The first-order chi connectivity index (χ1) is 8.60. The van der Waals surface area contributed by atoms with Crippen LogP contribution in [0.15, 0.2) is 6.07 Å². The number of thiophene rings is 1. The van der Waals surface area contributed by atoms with Crippen molar-refractivity contribution < 1.29 is 0 Å². The highest BCUT2D eigenvalue weighted by atomic mass is 32.1. The lowest BCUT2D eigenvalue weighted by Gasteiger charge is -2.36. The number of aryl methyl sites for hydroxylation is 1. The first kappa shape index (κ1) is 14.0. The molecule has 102 valence electrons. The molecule has 0 aliphatic carbocycles. The van der Waals surface area contributed by atoms with Crippen LogP contribution in [0.25, 0.3) is 0 Å². The summed E-state index contributed by atoms with van der Waals surface area (Å²) >= 11 is 1.94. The zero-order valence-electron chi connectivity index (χ0n) is 12.1. The third kappa shape index (κ3) is 3.34. The number of hydrogen-bond donors (Lipinski definition) is 1. The molecule has 2 atom stereocenters. The Morgan fingerprint density at radius 2 is 2.17 bits per heavy atom. The molecule has 0 amide bonds. The predicted molar refractivity (Wildman–Crippen MR) is 80.1 cm³/mol. The summed E-state index contributed by atoms with van der Waals surface area (Å²) in [5.74, 6) is 0.858. The smallest absolute Gasteiger partial charge is 0.0296 e. The van der Waals surface area contributed by atoms with E-state index in [1.54, 1.807) is 0 Å². The van der Waals surface area contributed by atoms with Gasteiger partial charge in [0.05, 0.1) is 0 Å². The van der Waals surface area contributed by atoms with Gasteiger partial charge < -0.3 is 5.32 Å². The largest absolute Gasteiger partial charge is 0.315 e. The molecule has 0 spiro atoms. The summed E-state index contributed by atoms with van der Waals surface area (Å²) in [6, 6.07) is 3.14. The molecule has 1 aliphatic rings. The van der Waals surface area contributed by atoms with Gasteiger partial charge in [-0.1, -0.05) is 6.92 Å². The molecule has 1 fully saturated rings. The van der Waals surface area contributed by atoms with Crippen LogP contribution in [0, 0.1) is 12.8 Å². The van der Waals surface area contributed by atoms with Crippen molar-refractivity contribution in [2.24, 2.45) is 5.92 Å². The SMILES string of the molecule is CNCc1cc(CN2CC(C)CCC2C)c(C)s1. The monoisotopic (exact) mass is 266 g/mol. The zero-order valence-corrected chi connectivity index (χ0v) is 12.9. The Morgan fingerprint density at radius 1 is 1.39 bits per heavy atom. The summed E-state index contributed by atoms with van der Waals surface area (Å²) < 4.78 is 0. The number of nitrogens with zero attached hydrogens (tertiary/aromatic N) is 1. The molecule has 0 radical (unpaired) electrons. The topological polar surface area (TPSA) is 15.3 Å². The number of nitrogens with one attached hydrogen (secondary N) is 1. The van der Waals surface area contributed by atoms with Crippen LogP contribution in [0.1, 0.15) is 42.0 Å². The van der Waals surface area contributed by atoms with Gasteiger partial charge in [0, 0.05) is 35.4 Å². The number of hydrogen-bond acceptors (Lipinski definition) is 3. The Hall–Kier alpha value is -0.380. The van der Waals surface area contributed by atoms with Crippen molar-refractivity contribution in [1.29, 1.82) is 0 Å². The van der Waals surface area contributed by atoms with Gasteiger partial charge in [0.2, 0.25) is 0 Å². The lowest BCUT2D eigenvalue weighted by atomic mass is 9.94. The Morgan fingerprint density at radius 3 is 2.89 bits per heavy atom. The first-order valence-corrected chi connectivity index (χ1v) is 7.88. The third-order valence-corrected chi connectivity index (χ3v) is 5.14. The van der Waals surface area contributed by atoms with Crippen LogP contribution in [0.5, 0.6) is 0 Å². The van der Waals surface area contributed by atoms with Crippen LogP contribution in [-0.2, 0) is 13.1 Å². The van der Waals surface area contributed by atoms with Crippen LogP contribution >= 0.6 is 11.3 Å². The Bertz CT molecular complexity index is 386. The normalized spacial score (nSPS) is 25.6. The Labute approximate surface area is 115 Å². The highest BCUT2D eigenvalue weighted by Crippen LogP contribution is 2.27. The summed E-state index contributed by atoms with van der Waals surface area (Å²) in [6.07, 6.45) is 2.75. The van der Waals surface area contributed by atoms with Gasteiger partial charge >= 0.3 is 0 Å². The molecule has 3 heteroatoms. The van der Waals surface area contributed by atoms with Crippen LogP contribution in [0.2, 0.25) is 0 Å². The second kappa shape index (κ2) is 6.18. The summed E-state index contributed by atoms with van der Waals surface area (Å²) in [6.45, 7) is 10.4. The molecule has 2 unspecified atom stereocenters. The standard InChI is InChI=1S/C15H26N2S/c1-11-5-6-12(2)17(9-11)10-14-7-15(8-16-4)18-13(14)3/h7,11-12,16H,5-6,8-10H2,1-4H3. The molecule has 2 rings (SSSR count). The lowest BCUT2D eigenvalue weighted by Crippen LogP contribution is -2.40. The van der Waals surface area contributed by atoms with E-state index in [1.807, 2.05) is 18.4 Å². The van der Waals surface area contributed by atoms with Crippen LogP contribution in [0.3, 0.4) is 0 Å². The van der Waals surface area contributed by atoms with E-state index in [2.05, 4.69) is 37.1 Å². The van der Waals surface area contributed by atoms with Gasteiger partial charge in [0.15, 0.2) is 0 Å². The summed E-state index contributed by atoms with van der Waals surface area (Å²) in [4.78, 5) is 5.61. The fourth-order valence-electron chi connectivity index (χ4n) is 2.82. The van der Waals surface area contributed by atoms with E-state index < -0.39 is 0 Å². The van der Waals surface area contributed by atoms with Crippen molar-refractivity contribution in [3.63, 3.8) is 0 Å². The van der Waals surface area contributed by atoms with E-state index in [4.69, 9.17) is 0 Å². The predicted octanol–water partition coefficient (Wildman–Crippen LogP) is 3.40. The first-order valence-electron chi connectivity index (χ1n) is 7.07. The molecule has 2 heterocycles. The highest BCUT2D eigenvalue weighted by Gasteiger charge is 2.23. The van der Waals surface area contributed by atoms with Gasteiger partial charge in [-0.15, -0.1) is 11.3 Å². The summed E-state index contributed by atoms with van der Waals surface area (Å²) in [5, 5.41) is 3.24. The van der Waals surface area contributed by atoms with Crippen molar-refractivity contribution in [1.82, 2.24) is 10.2 Å². The average Bonchev–Trinajstić information content (AvgIpc) is 2.65. The molecule has 1 saturated heterocycles. The number of rotatable bonds is 4. The minimum absolute atomic E-state index is 0.744. The maximum Gasteiger partial charge on any atom is 0.0296 e. The summed E-state index contributed by atoms with van der Waals surface area (Å²) in [5.41, 5.74) is 1.53. The van der Waals surface area contributed by atoms with E-state index in [0.29, 0.717) is 0 Å². The molecule has 2 nitrogen and oxygen atoms in total.